The molecule has 4 nitrogen and oxygen atoms in total. The fourth-order valence-corrected chi connectivity index (χ4v) is 3.40. The first kappa shape index (κ1) is 23.9. The molecule has 26 heavy (non-hydrogen) atoms. The van der Waals surface area contributed by atoms with Gasteiger partial charge < -0.3 is 15.4 Å². The molecule has 0 aromatic heterocycles. The van der Waals surface area contributed by atoms with E-state index in [2.05, 4.69) is 47.9 Å². The smallest absolute Gasteiger partial charge is 0.191 e. The maximum Gasteiger partial charge on any atom is 0.191 e. The molecule has 0 bridgehead atoms. The zero-order valence-electron chi connectivity index (χ0n) is 16.1. The number of halogens is 2. The number of nitrogens with one attached hydrogen (secondary N) is 2. The summed E-state index contributed by atoms with van der Waals surface area (Å²) in [6.07, 6.45) is 4.09. The second-order valence-corrected chi connectivity index (χ2v) is 9.10. The summed E-state index contributed by atoms with van der Waals surface area (Å²) in [4.78, 5) is 4.38. The van der Waals surface area contributed by atoms with Crippen molar-refractivity contribution in [1.82, 2.24) is 10.6 Å². The van der Waals surface area contributed by atoms with Crippen molar-refractivity contribution >= 4 is 53.3 Å². The molecule has 148 valence electrons. The van der Waals surface area contributed by atoms with Crippen molar-refractivity contribution in [2.24, 2.45) is 4.99 Å². The standard InChI is InChI=1S/C19H30ClN3OS.HI/c1-18(2,25-4)13-22-17(21-3)23-14-19(8-10-24-11-9-19)15-6-5-7-16(20)12-15;/h5-7,12H,8-11,13-14H2,1-4H3,(H2,21,22,23);1H. The number of guanidine groups is 1. The van der Waals surface area contributed by atoms with Gasteiger partial charge in [-0.05, 0) is 50.6 Å². The maximum absolute atomic E-state index is 6.24. The fraction of sp³-hybridized carbons (Fsp3) is 0.632. The summed E-state index contributed by atoms with van der Waals surface area (Å²) in [5, 5.41) is 7.75. The highest BCUT2D eigenvalue weighted by molar-refractivity contribution is 14.0. The van der Waals surface area contributed by atoms with Crippen molar-refractivity contribution in [3.05, 3.63) is 34.9 Å². The Balaban J connectivity index is 0.00000338. The van der Waals surface area contributed by atoms with E-state index in [-0.39, 0.29) is 34.1 Å². The second-order valence-electron chi connectivity index (χ2n) is 7.15. The summed E-state index contributed by atoms with van der Waals surface area (Å²) in [7, 11) is 1.82. The molecule has 0 unspecified atom stereocenters. The average molecular weight is 512 g/mol. The number of hydrogen-bond donors (Lipinski definition) is 2. The number of ether oxygens (including phenoxy) is 1. The topological polar surface area (TPSA) is 45.7 Å². The molecule has 1 aliphatic rings. The minimum atomic E-state index is 0. The first-order valence-corrected chi connectivity index (χ1v) is 10.3. The molecule has 1 aromatic carbocycles. The van der Waals surface area contributed by atoms with Gasteiger partial charge in [-0.2, -0.15) is 11.8 Å². The van der Waals surface area contributed by atoms with Crippen LogP contribution in [0.3, 0.4) is 0 Å². The highest BCUT2D eigenvalue weighted by Gasteiger charge is 2.34. The largest absolute Gasteiger partial charge is 0.381 e. The first-order valence-electron chi connectivity index (χ1n) is 8.74. The van der Waals surface area contributed by atoms with Crippen LogP contribution in [0.2, 0.25) is 5.02 Å². The number of benzene rings is 1. The molecule has 0 saturated carbocycles. The molecule has 2 N–H and O–H groups in total. The van der Waals surface area contributed by atoms with Gasteiger partial charge in [-0.1, -0.05) is 23.7 Å². The van der Waals surface area contributed by atoms with Crippen LogP contribution in [-0.4, -0.2) is 50.3 Å². The third-order valence-corrected chi connectivity index (χ3v) is 6.42. The molecule has 0 radical (unpaired) electrons. The number of aliphatic imine (C=N–C) groups is 1. The Morgan fingerprint density at radius 2 is 2.00 bits per heavy atom. The van der Waals surface area contributed by atoms with Gasteiger partial charge in [0.25, 0.3) is 0 Å². The number of hydrogen-bond acceptors (Lipinski definition) is 3. The van der Waals surface area contributed by atoms with E-state index < -0.39 is 0 Å². The van der Waals surface area contributed by atoms with Crippen molar-refractivity contribution < 1.29 is 4.74 Å². The highest BCUT2D eigenvalue weighted by Crippen LogP contribution is 2.35. The molecule has 1 heterocycles. The van der Waals surface area contributed by atoms with Crippen molar-refractivity contribution in [2.45, 2.75) is 36.9 Å². The minimum absolute atomic E-state index is 0. The van der Waals surface area contributed by atoms with Crippen molar-refractivity contribution in [3.63, 3.8) is 0 Å². The quantitative estimate of drug-likeness (QED) is 0.339. The van der Waals surface area contributed by atoms with Crippen LogP contribution in [0, 0.1) is 0 Å². The maximum atomic E-state index is 6.24. The van der Waals surface area contributed by atoms with Crippen LogP contribution in [0.25, 0.3) is 0 Å². The van der Waals surface area contributed by atoms with Crippen LogP contribution in [0.1, 0.15) is 32.3 Å². The Kier molecular flexibility index (Phi) is 10.1. The minimum Gasteiger partial charge on any atom is -0.381 e. The van der Waals surface area contributed by atoms with Crippen molar-refractivity contribution in [3.8, 4) is 0 Å². The molecule has 0 spiro atoms. The van der Waals surface area contributed by atoms with E-state index in [1.807, 2.05) is 30.9 Å². The van der Waals surface area contributed by atoms with E-state index in [1.54, 1.807) is 0 Å². The first-order chi connectivity index (χ1) is 11.9. The van der Waals surface area contributed by atoms with E-state index in [9.17, 15) is 0 Å². The third kappa shape index (κ3) is 6.77. The Hall–Kier alpha value is -0.180. The molecule has 7 heteroatoms. The summed E-state index contributed by atoms with van der Waals surface area (Å²) in [6.45, 7) is 7.68. The number of thioether (sulfide) groups is 1. The van der Waals surface area contributed by atoms with Gasteiger partial charge in [0.15, 0.2) is 5.96 Å². The van der Waals surface area contributed by atoms with E-state index in [0.717, 1.165) is 50.1 Å². The summed E-state index contributed by atoms with van der Waals surface area (Å²) >= 11 is 8.09. The predicted molar refractivity (Wildman–Crippen MR) is 126 cm³/mol. The Labute approximate surface area is 184 Å². The monoisotopic (exact) mass is 511 g/mol. The van der Waals surface area contributed by atoms with Gasteiger partial charge in [-0.3, -0.25) is 4.99 Å². The second kappa shape index (κ2) is 11.0. The van der Waals surface area contributed by atoms with Crippen LogP contribution >= 0.6 is 47.3 Å². The number of nitrogens with zero attached hydrogens (tertiary/aromatic N) is 1. The fourth-order valence-electron chi connectivity index (χ4n) is 2.99. The molecule has 1 fully saturated rings. The lowest BCUT2D eigenvalue weighted by atomic mass is 9.74. The van der Waals surface area contributed by atoms with Crippen LogP contribution in [0.15, 0.2) is 29.3 Å². The van der Waals surface area contributed by atoms with E-state index in [4.69, 9.17) is 16.3 Å². The molecular weight excluding hydrogens is 481 g/mol. The Morgan fingerprint density at radius 3 is 2.58 bits per heavy atom. The number of rotatable bonds is 6. The van der Waals surface area contributed by atoms with E-state index in [1.165, 1.54) is 5.56 Å². The van der Waals surface area contributed by atoms with E-state index in [0.29, 0.717) is 0 Å². The molecule has 2 rings (SSSR count). The van der Waals surface area contributed by atoms with Gasteiger partial charge in [-0.15, -0.1) is 24.0 Å². The summed E-state index contributed by atoms with van der Waals surface area (Å²) in [5.74, 6) is 0.843. The van der Waals surface area contributed by atoms with Crippen LogP contribution in [0.4, 0.5) is 0 Å². The zero-order valence-corrected chi connectivity index (χ0v) is 20.0. The van der Waals surface area contributed by atoms with Gasteiger partial charge in [0.1, 0.15) is 0 Å². The Bertz CT molecular complexity index is 592. The lowest BCUT2D eigenvalue weighted by Crippen LogP contribution is -2.49. The molecule has 1 saturated heterocycles. The van der Waals surface area contributed by atoms with Gasteiger partial charge >= 0.3 is 0 Å². The van der Waals surface area contributed by atoms with Crippen molar-refractivity contribution in [1.29, 1.82) is 0 Å². The molecule has 0 aliphatic carbocycles. The van der Waals surface area contributed by atoms with Crippen LogP contribution in [-0.2, 0) is 10.2 Å². The lowest BCUT2D eigenvalue weighted by molar-refractivity contribution is 0.0514. The SMILES string of the molecule is CN=C(NCC(C)(C)SC)NCC1(c2cccc(Cl)c2)CCOCC1.I. The normalized spacial score (nSPS) is 17.3. The predicted octanol–water partition coefficient (Wildman–Crippen LogP) is 4.31. The molecule has 0 amide bonds. The van der Waals surface area contributed by atoms with Crippen molar-refractivity contribution in [2.75, 3.05) is 39.6 Å². The van der Waals surface area contributed by atoms with Crippen LogP contribution in [0.5, 0.6) is 0 Å². The summed E-state index contributed by atoms with van der Waals surface area (Å²) in [5.41, 5.74) is 1.30. The molecular formula is C19H31ClIN3OS. The lowest BCUT2D eigenvalue weighted by Gasteiger charge is -2.38. The summed E-state index contributed by atoms with van der Waals surface area (Å²) in [6, 6.07) is 8.22. The van der Waals surface area contributed by atoms with Crippen LogP contribution < -0.4 is 10.6 Å². The van der Waals surface area contributed by atoms with Gasteiger partial charge in [0, 0.05) is 48.5 Å². The van der Waals surface area contributed by atoms with E-state index >= 15 is 0 Å². The summed E-state index contributed by atoms with van der Waals surface area (Å²) < 4.78 is 5.77. The Morgan fingerprint density at radius 1 is 1.31 bits per heavy atom. The average Bonchev–Trinajstić information content (AvgIpc) is 2.62. The van der Waals surface area contributed by atoms with Gasteiger partial charge in [-0.25, -0.2) is 0 Å². The molecule has 0 atom stereocenters. The zero-order chi connectivity index (χ0) is 18.3. The molecule has 1 aromatic rings. The van der Waals surface area contributed by atoms with Gasteiger partial charge in [0.2, 0.25) is 0 Å². The van der Waals surface area contributed by atoms with Gasteiger partial charge in [0.05, 0.1) is 0 Å². The highest BCUT2D eigenvalue weighted by atomic mass is 127. The third-order valence-electron chi connectivity index (χ3n) is 4.94. The molecule has 1 aliphatic heterocycles.